The fourth-order valence-corrected chi connectivity index (χ4v) is 1.42. The molecule has 0 aliphatic carbocycles. The molecule has 5 heteroatoms. The van der Waals surface area contributed by atoms with Gasteiger partial charge in [-0.3, -0.25) is 0 Å². The molecule has 1 atom stereocenters. The highest BCUT2D eigenvalue weighted by Gasteiger charge is 2.36. The fourth-order valence-electron chi connectivity index (χ4n) is 1.42. The highest BCUT2D eigenvalue weighted by molar-refractivity contribution is 5.84. The average molecular weight is 272 g/mol. The Balaban J connectivity index is 4.84. The summed E-state index contributed by atoms with van der Waals surface area (Å²) in [6.07, 6.45) is 0. The summed E-state index contributed by atoms with van der Waals surface area (Å²) < 4.78 is 5.35. The Hall–Kier alpha value is -1.26. The highest BCUT2D eigenvalue weighted by Crippen LogP contribution is 2.22. The highest BCUT2D eigenvalue weighted by atomic mass is 16.6. The summed E-state index contributed by atoms with van der Waals surface area (Å²) in [5, 5.41) is 5.39. The first kappa shape index (κ1) is 17.7. The molecule has 0 bridgehead atoms. The zero-order valence-electron chi connectivity index (χ0n) is 13.4. The third-order valence-electron chi connectivity index (χ3n) is 2.20. The molecule has 0 aromatic rings. The Morgan fingerprint density at radius 3 is 1.74 bits per heavy atom. The van der Waals surface area contributed by atoms with Crippen molar-refractivity contribution in [2.24, 2.45) is 5.41 Å². The van der Waals surface area contributed by atoms with Crippen molar-refractivity contribution in [1.82, 2.24) is 10.6 Å². The van der Waals surface area contributed by atoms with Crippen molar-refractivity contribution >= 4 is 12.0 Å². The summed E-state index contributed by atoms with van der Waals surface area (Å²) in [5.74, 6) is -0.418. The van der Waals surface area contributed by atoms with E-state index in [2.05, 4.69) is 10.6 Å². The van der Waals surface area contributed by atoms with Gasteiger partial charge in [0.1, 0.15) is 11.6 Å². The zero-order chi connectivity index (χ0) is 15.4. The molecule has 0 aromatic heterocycles. The van der Waals surface area contributed by atoms with E-state index >= 15 is 0 Å². The van der Waals surface area contributed by atoms with Crippen LogP contribution in [-0.2, 0) is 9.53 Å². The van der Waals surface area contributed by atoms with E-state index in [9.17, 15) is 9.59 Å². The van der Waals surface area contributed by atoms with Gasteiger partial charge in [0, 0.05) is 6.04 Å². The minimum absolute atomic E-state index is 0.0132. The van der Waals surface area contributed by atoms with E-state index in [1.807, 2.05) is 34.6 Å². The molecule has 2 amide bonds. The lowest BCUT2D eigenvalue weighted by molar-refractivity contribution is -0.160. The molecule has 112 valence electrons. The molecule has 0 unspecified atom stereocenters. The molecular formula is C14H28N2O3. The summed E-state index contributed by atoms with van der Waals surface area (Å²) in [5.41, 5.74) is -0.993. The van der Waals surface area contributed by atoms with Crippen LogP contribution in [0.1, 0.15) is 55.4 Å². The molecule has 0 aliphatic heterocycles. The topological polar surface area (TPSA) is 67.4 Å². The number of urea groups is 1. The Bertz CT molecular complexity index is 325. The smallest absolute Gasteiger partial charge is 0.329 e. The summed E-state index contributed by atoms with van der Waals surface area (Å²) in [6.45, 7) is 14.8. The van der Waals surface area contributed by atoms with Crippen LogP contribution in [-0.4, -0.2) is 29.7 Å². The van der Waals surface area contributed by atoms with Gasteiger partial charge in [-0.15, -0.1) is 0 Å². The minimum Gasteiger partial charge on any atom is -0.458 e. The van der Waals surface area contributed by atoms with E-state index in [1.54, 1.807) is 20.8 Å². The van der Waals surface area contributed by atoms with Gasteiger partial charge in [-0.05, 0) is 40.0 Å². The molecule has 5 nitrogen and oxygen atoms in total. The Morgan fingerprint density at radius 2 is 1.42 bits per heavy atom. The van der Waals surface area contributed by atoms with Crippen LogP contribution in [0.5, 0.6) is 0 Å². The maximum absolute atomic E-state index is 12.2. The first-order chi connectivity index (χ1) is 8.33. The van der Waals surface area contributed by atoms with Gasteiger partial charge in [-0.25, -0.2) is 9.59 Å². The number of hydrogen-bond donors (Lipinski definition) is 2. The van der Waals surface area contributed by atoms with Gasteiger partial charge in [0.05, 0.1) is 0 Å². The number of ether oxygens (including phenoxy) is 1. The lowest BCUT2D eigenvalue weighted by Gasteiger charge is -2.32. The van der Waals surface area contributed by atoms with E-state index in [1.165, 1.54) is 0 Å². The van der Waals surface area contributed by atoms with E-state index in [0.717, 1.165) is 0 Å². The fraction of sp³-hybridized carbons (Fsp3) is 0.857. The molecular weight excluding hydrogens is 244 g/mol. The van der Waals surface area contributed by atoms with E-state index in [-0.39, 0.29) is 12.1 Å². The van der Waals surface area contributed by atoms with Crippen molar-refractivity contribution in [3.63, 3.8) is 0 Å². The van der Waals surface area contributed by atoms with Crippen molar-refractivity contribution < 1.29 is 14.3 Å². The molecule has 0 aliphatic rings. The second-order valence-electron chi connectivity index (χ2n) is 7.11. The third kappa shape index (κ3) is 7.70. The number of carbonyl (C=O) groups excluding carboxylic acids is 2. The Morgan fingerprint density at radius 1 is 0.947 bits per heavy atom. The molecule has 0 rings (SSSR count). The van der Waals surface area contributed by atoms with E-state index < -0.39 is 23.0 Å². The standard InChI is InChI=1S/C14H28N2O3/c1-9(2)15-12(18)16-10(13(3,4)5)11(17)19-14(6,7)8/h9-10H,1-8H3,(H2,15,16,18)/t10-/m0/s1. The van der Waals surface area contributed by atoms with Crippen LogP contribution < -0.4 is 10.6 Å². The van der Waals surface area contributed by atoms with Gasteiger partial charge >= 0.3 is 12.0 Å². The lowest BCUT2D eigenvalue weighted by atomic mass is 9.86. The number of carbonyl (C=O) groups is 2. The van der Waals surface area contributed by atoms with Gasteiger partial charge in [-0.2, -0.15) is 0 Å². The average Bonchev–Trinajstić information content (AvgIpc) is 2.07. The monoisotopic (exact) mass is 272 g/mol. The largest absolute Gasteiger partial charge is 0.458 e. The quantitative estimate of drug-likeness (QED) is 0.775. The van der Waals surface area contributed by atoms with Crippen LogP contribution in [0.4, 0.5) is 4.79 Å². The minimum atomic E-state index is -0.689. The summed E-state index contributed by atoms with van der Waals surface area (Å²) in [6, 6.07) is -1.04. The summed E-state index contributed by atoms with van der Waals surface area (Å²) >= 11 is 0. The maximum Gasteiger partial charge on any atom is 0.329 e. The van der Waals surface area contributed by atoms with Crippen molar-refractivity contribution in [3.8, 4) is 0 Å². The molecule has 19 heavy (non-hydrogen) atoms. The predicted octanol–water partition coefficient (Wildman–Crippen LogP) is 2.45. The maximum atomic E-state index is 12.2. The molecule has 0 radical (unpaired) electrons. The SMILES string of the molecule is CC(C)NC(=O)N[C@@H](C(=O)OC(C)(C)C)C(C)(C)C. The van der Waals surface area contributed by atoms with E-state index in [0.29, 0.717) is 0 Å². The van der Waals surface area contributed by atoms with Gasteiger partial charge in [0.15, 0.2) is 0 Å². The van der Waals surface area contributed by atoms with Gasteiger partial charge in [-0.1, -0.05) is 20.8 Å². The molecule has 0 heterocycles. The second-order valence-corrected chi connectivity index (χ2v) is 7.11. The number of rotatable bonds is 3. The molecule has 0 aromatic carbocycles. The van der Waals surface area contributed by atoms with Crippen LogP contribution in [0.2, 0.25) is 0 Å². The second kappa shape index (κ2) is 6.26. The summed E-state index contributed by atoms with van der Waals surface area (Å²) in [7, 11) is 0. The predicted molar refractivity (Wildman–Crippen MR) is 75.9 cm³/mol. The van der Waals surface area contributed by atoms with Crippen molar-refractivity contribution in [3.05, 3.63) is 0 Å². The molecule has 0 saturated heterocycles. The van der Waals surface area contributed by atoms with Crippen molar-refractivity contribution in [2.75, 3.05) is 0 Å². The Kier molecular flexibility index (Phi) is 5.84. The molecule has 0 saturated carbocycles. The van der Waals surface area contributed by atoms with Crippen molar-refractivity contribution in [2.45, 2.75) is 73.1 Å². The van der Waals surface area contributed by atoms with Gasteiger partial charge < -0.3 is 15.4 Å². The van der Waals surface area contributed by atoms with Gasteiger partial charge in [0.2, 0.25) is 0 Å². The van der Waals surface area contributed by atoms with Crippen LogP contribution in [0, 0.1) is 5.41 Å². The first-order valence-electron chi connectivity index (χ1n) is 6.63. The number of nitrogens with one attached hydrogen (secondary N) is 2. The molecule has 2 N–H and O–H groups in total. The summed E-state index contributed by atoms with van der Waals surface area (Å²) in [4.78, 5) is 23.9. The van der Waals surface area contributed by atoms with Crippen LogP contribution in [0.15, 0.2) is 0 Å². The van der Waals surface area contributed by atoms with Crippen LogP contribution >= 0.6 is 0 Å². The van der Waals surface area contributed by atoms with Crippen LogP contribution in [0.3, 0.4) is 0 Å². The zero-order valence-corrected chi connectivity index (χ0v) is 13.4. The third-order valence-corrected chi connectivity index (χ3v) is 2.20. The number of hydrogen-bond acceptors (Lipinski definition) is 3. The van der Waals surface area contributed by atoms with Crippen molar-refractivity contribution in [1.29, 1.82) is 0 Å². The van der Waals surface area contributed by atoms with Crippen LogP contribution in [0.25, 0.3) is 0 Å². The Labute approximate surface area is 116 Å². The lowest BCUT2D eigenvalue weighted by Crippen LogP contribution is -2.54. The number of esters is 1. The normalized spacial score (nSPS) is 13.9. The van der Waals surface area contributed by atoms with Gasteiger partial charge in [0.25, 0.3) is 0 Å². The molecule has 0 spiro atoms. The molecule has 0 fully saturated rings. The van der Waals surface area contributed by atoms with E-state index in [4.69, 9.17) is 4.74 Å². The number of amides is 2. The first-order valence-corrected chi connectivity index (χ1v) is 6.63.